The summed E-state index contributed by atoms with van der Waals surface area (Å²) in [6.45, 7) is 4.03. The summed E-state index contributed by atoms with van der Waals surface area (Å²) in [5.41, 5.74) is 1.09. The first kappa shape index (κ1) is 13.0. The van der Waals surface area contributed by atoms with E-state index in [0.717, 1.165) is 27.1 Å². The molecule has 0 spiro atoms. The highest BCUT2D eigenvalue weighted by atomic mass is 32.1. The Morgan fingerprint density at radius 2 is 2.15 bits per heavy atom. The molecule has 0 radical (unpaired) electrons. The zero-order valence-electron chi connectivity index (χ0n) is 10.7. The van der Waals surface area contributed by atoms with Gasteiger partial charge >= 0.3 is 5.97 Å². The Morgan fingerprint density at radius 1 is 1.35 bits per heavy atom. The largest absolute Gasteiger partial charge is 0.477 e. The van der Waals surface area contributed by atoms with E-state index in [1.54, 1.807) is 16.7 Å². The van der Waals surface area contributed by atoms with Gasteiger partial charge < -0.3 is 9.84 Å². The molecule has 0 saturated heterocycles. The first-order valence-corrected chi connectivity index (χ1v) is 7.46. The minimum Gasteiger partial charge on any atom is -0.477 e. The van der Waals surface area contributed by atoms with Crippen LogP contribution in [0.5, 0.6) is 11.6 Å². The van der Waals surface area contributed by atoms with Gasteiger partial charge in [0.05, 0.1) is 5.39 Å². The van der Waals surface area contributed by atoms with Crippen molar-refractivity contribution in [3.05, 3.63) is 33.1 Å². The maximum atomic E-state index is 10.9. The van der Waals surface area contributed by atoms with Gasteiger partial charge in [0.2, 0.25) is 5.88 Å². The molecule has 0 aliphatic heterocycles. The van der Waals surface area contributed by atoms with Crippen molar-refractivity contribution in [1.82, 2.24) is 9.97 Å². The van der Waals surface area contributed by atoms with Gasteiger partial charge in [0.25, 0.3) is 0 Å². The zero-order chi connectivity index (χ0) is 14.3. The molecular formula is C13H10N2O3S2. The Balaban J connectivity index is 2.03. The highest BCUT2D eigenvalue weighted by Gasteiger charge is 2.15. The van der Waals surface area contributed by atoms with Crippen LogP contribution in [-0.2, 0) is 0 Å². The van der Waals surface area contributed by atoms with Gasteiger partial charge in [0.15, 0.2) is 0 Å². The smallest absolute Gasteiger partial charge is 0.346 e. The van der Waals surface area contributed by atoms with E-state index in [2.05, 4.69) is 9.97 Å². The normalized spacial score (nSPS) is 10.9. The van der Waals surface area contributed by atoms with Crippen LogP contribution in [0.15, 0.2) is 17.8 Å². The Kier molecular flexibility index (Phi) is 3.15. The molecule has 0 aromatic carbocycles. The van der Waals surface area contributed by atoms with Crippen molar-refractivity contribution in [2.24, 2.45) is 0 Å². The SMILES string of the molecule is Cc1sc2ncnc(Oc3csc(C(=O)O)c3)c2c1C. The van der Waals surface area contributed by atoms with Crippen molar-refractivity contribution in [2.45, 2.75) is 13.8 Å². The number of ether oxygens (including phenoxy) is 1. The molecule has 3 aromatic rings. The lowest BCUT2D eigenvalue weighted by Crippen LogP contribution is -1.91. The number of thiophene rings is 2. The zero-order valence-corrected chi connectivity index (χ0v) is 12.3. The molecule has 3 rings (SSSR count). The van der Waals surface area contributed by atoms with E-state index in [0.29, 0.717) is 11.6 Å². The first-order valence-electron chi connectivity index (χ1n) is 5.76. The summed E-state index contributed by atoms with van der Waals surface area (Å²) in [7, 11) is 0. The molecule has 3 aromatic heterocycles. The van der Waals surface area contributed by atoms with E-state index in [9.17, 15) is 4.79 Å². The minimum atomic E-state index is -0.958. The van der Waals surface area contributed by atoms with Gasteiger partial charge in [-0.05, 0) is 19.4 Å². The fourth-order valence-electron chi connectivity index (χ4n) is 1.82. The summed E-state index contributed by atoms with van der Waals surface area (Å²) in [6.07, 6.45) is 1.46. The average Bonchev–Trinajstić information content (AvgIpc) is 2.97. The number of hydrogen-bond acceptors (Lipinski definition) is 6. The fourth-order valence-corrected chi connectivity index (χ4v) is 3.46. The molecule has 0 fully saturated rings. The molecule has 102 valence electrons. The second-order valence-corrected chi connectivity index (χ2v) is 6.31. The molecule has 0 amide bonds. The third kappa shape index (κ3) is 2.14. The maximum absolute atomic E-state index is 10.9. The van der Waals surface area contributed by atoms with Gasteiger partial charge in [0.1, 0.15) is 21.8 Å². The molecule has 0 unspecified atom stereocenters. The molecule has 20 heavy (non-hydrogen) atoms. The van der Waals surface area contributed by atoms with Crippen LogP contribution in [0.25, 0.3) is 10.2 Å². The average molecular weight is 306 g/mol. The number of aromatic carboxylic acids is 1. The number of carboxylic acid groups (broad SMARTS) is 1. The molecule has 5 nitrogen and oxygen atoms in total. The summed E-state index contributed by atoms with van der Waals surface area (Å²) in [5, 5.41) is 11.5. The minimum absolute atomic E-state index is 0.239. The first-order chi connectivity index (χ1) is 9.56. The van der Waals surface area contributed by atoms with Crippen LogP contribution in [0.4, 0.5) is 0 Å². The number of carboxylic acids is 1. The summed E-state index contributed by atoms with van der Waals surface area (Å²) in [6, 6.07) is 1.50. The van der Waals surface area contributed by atoms with E-state index >= 15 is 0 Å². The highest BCUT2D eigenvalue weighted by Crippen LogP contribution is 2.36. The van der Waals surface area contributed by atoms with Crippen LogP contribution in [0.3, 0.4) is 0 Å². The number of carbonyl (C=O) groups is 1. The van der Waals surface area contributed by atoms with Crippen LogP contribution in [0.2, 0.25) is 0 Å². The van der Waals surface area contributed by atoms with Gasteiger partial charge in [0, 0.05) is 16.3 Å². The molecule has 1 N–H and O–H groups in total. The lowest BCUT2D eigenvalue weighted by molar-refractivity contribution is 0.0702. The number of aryl methyl sites for hydroxylation is 2. The van der Waals surface area contributed by atoms with Crippen molar-refractivity contribution in [1.29, 1.82) is 0 Å². The molecular weight excluding hydrogens is 296 g/mol. The molecule has 0 aliphatic carbocycles. The van der Waals surface area contributed by atoms with Crippen molar-refractivity contribution in [3.63, 3.8) is 0 Å². The molecule has 7 heteroatoms. The summed E-state index contributed by atoms with van der Waals surface area (Å²) in [5.74, 6) is -0.0116. The van der Waals surface area contributed by atoms with Crippen LogP contribution in [0.1, 0.15) is 20.1 Å². The summed E-state index contributed by atoms with van der Waals surface area (Å²) < 4.78 is 5.72. The second-order valence-electron chi connectivity index (χ2n) is 4.20. The number of hydrogen-bond donors (Lipinski definition) is 1. The van der Waals surface area contributed by atoms with E-state index in [1.807, 2.05) is 13.8 Å². The quantitative estimate of drug-likeness (QED) is 0.795. The molecule has 0 saturated carbocycles. The van der Waals surface area contributed by atoms with Crippen molar-refractivity contribution < 1.29 is 14.6 Å². The lowest BCUT2D eigenvalue weighted by Gasteiger charge is -2.03. The number of fused-ring (bicyclic) bond motifs is 1. The standard InChI is InChI=1S/C13H10N2O3S2/c1-6-7(2)20-12-10(6)11(14-5-15-12)18-8-3-9(13(16)17)19-4-8/h3-5H,1-2H3,(H,16,17). The van der Waals surface area contributed by atoms with E-state index in [1.165, 1.54) is 17.3 Å². The van der Waals surface area contributed by atoms with Gasteiger partial charge in [-0.1, -0.05) is 0 Å². The lowest BCUT2D eigenvalue weighted by atomic mass is 10.2. The predicted octanol–water partition coefficient (Wildman–Crippen LogP) is 3.86. The van der Waals surface area contributed by atoms with Gasteiger partial charge in [-0.2, -0.15) is 0 Å². The molecule has 0 aliphatic rings. The topological polar surface area (TPSA) is 72.3 Å². The van der Waals surface area contributed by atoms with Gasteiger partial charge in [-0.25, -0.2) is 14.8 Å². The van der Waals surface area contributed by atoms with Crippen molar-refractivity contribution >= 4 is 38.9 Å². The third-order valence-electron chi connectivity index (χ3n) is 2.93. The highest BCUT2D eigenvalue weighted by molar-refractivity contribution is 7.18. The van der Waals surface area contributed by atoms with Crippen LogP contribution < -0.4 is 4.74 Å². The fraction of sp³-hybridized carbons (Fsp3) is 0.154. The summed E-state index contributed by atoms with van der Waals surface area (Å²) >= 11 is 2.72. The Labute approximate surface area is 122 Å². The number of nitrogens with zero attached hydrogens (tertiary/aromatic N) is 2. The Hall–Kier alpha value is -1.99. The van der Waals surface area contributed by atoms with Crippen molar-refractivity contribution in [2.75, 3.05) is 0 Å². The monoisotopic (exact) mass is 306 g/mol. The van der Waals surface area contributed by atoms with Crippen LogP contribution in [-0.4, -0.2) is 21.0 Å². The van der Waals surface area contributed by atoms with E-state index in [4.69, 9.17) is 9.84 Å². The maximum Gasteiger partial charge on any atom is 0.346 e. The number of aromatic nitrogens is 2. The van der Waals surface area contributed by atoms with Gasteiger partial charge in [-0.3, -0.25) is 0 Å². The third-order valence-corrected chi connectivity index (χ3v) is 4.94. The van der Waals surface area contributed by atoms with Crippen LogP contribution >= 0.6 is 22.7 Å². The van der Waals surface area contributed by atoms with E-state index < -0.39 is 5.97 Å². The van der Waals surface area contributed by atoms with E-state index in [-0.39, 0.29) is 4.88 Å². The Bertz CT molecular complexity index is 807. The predicted molar refractivity (Wildman–Crippen MR) is 78.2 cm³/mol. The number of rotatable bonds is 3. The van der Waals surface area contributed by atoms with Crippen molar-refractivity contribution in [3.8, 4) is 11.6 Å². The second kappa shape index (κ2) is 4.84. The molecule has 0 atom stereocenters. The Morgan fingerprint density at radius 3 is 2.85 bits per heavy atom. The van der Waals surface area contributed by atoms with Crippen LogP contribution in [0, 0.1) is 13.8 Å². The van der Waals surface area contributed by atoms with Gasteiger partial charge in [-0.15, -0.1) is 22.7 Å². The molecule has 3 heterocycles. The summed E-state index contributed by atoms with van der Waals surface area (Å²) in [4.78, 5) is 21.5. The molecule has 0 bridgehead atoms.